The first-order valence-electron chi connectivity index (χ1n) is 5.99. The topological polar surface area (TPSA) is 81.5 Å². The number of nitrogens with zero attached hydrogens (tertiary/aromatic N) is 1. The van der Waals surface area contributed by atoms with Gasteiger partial charge in [0, 0.05) is 12.6 Å². The van der Waals surface area contributed by atoms with E-state index in [0.29, 0.717) is 12.2 Å². The van der Waals surface area contributed by atoms with Crippen molar-refractivity contribution in [2.75, 3.05) is 11.9 Å². The number of carbonyl (C=O) groups is 1. The molecule has 104 valence electrons. The van der Waals surface area contributed by atoms with Crippen LogP contribution in [0.1, 0.15) is 27.2 Å². The van der Waals surface area contributed by atoms with Crippen molar-refractivity contribution < 1.29 is 14.5 Å². The van der Waals surface area contributed by atoms with Crippen LogP contribution < -0.4 is 5.32 Å². The number of carbonyl (C=O) groups excluding carboxylic acids is 1. The number of hydrogen-bond acceptors (Lipinski definition) is 5. The highest BCUT2D eigenvalue weighted by molar-refractivity contribution is 5.71. The molecule has 0 aliphatic heterocycles. The SMILES string of the molecule is CC(C)(C)OC(=O)CCNc1ccccc1[N+](=O)[O-]. The third kappa shape index (κ3) is 5.37. The van der Waals surface area contributed by atoms with Crippen molar-refractivity contribution in [2.24, 2.45) is 0 Å². The van der Waals surface area contributed by atoms with Crippen LogP contribution in [0.4, 0.5) is 11.4 Å². The first-order valence-corrected chi connectivity index (χ1v) is 5.99. The Labute approximate surface area is 111 Å². The third-order valence-electron chi connectivity index (χ3n) is 2.17. The minimum atomic E-state index is -0.518. The summed E-state index contributed by atoms with van der Waals surface area (Å²) in [6.07, 6.45) is 0.156. The number of rotatable bonds is 5. The van der Waals surface area contributed by atoms with Crippen LogP contribution in [0.2, 0.25) is 0 Å². The zero-order chi connectivity index (χ0) is 14.5. The maximum atomic E-state index is 11.5. The second-order valence-electron chi connectivity index (χ2n) is 5.04. The van der Waals surface area contributed by atoms with Crippen molar-refractivity contribution >= 4 is 17.3 Å². The Bertz CT molecular complexity index is 466. The van der Waals surface area contributed by atoms with Crippen molar-refractivity contribution in [3.8, 4) is 0 Å². The first-order chi connectivity index (χ1) is 8.79. The lowest BCUT2D eigenvalue weighted by Crippen LogP contribution is -2.25. The van der Waals surface area contributed by atoms with E-state index in [0.717, 1.165) is 0 Å². The standard InChI is InChI=1S/C13H18N2O4/c1-13(2,3)19-12(16)8-9-14-10-6-4-5-7-11(10)15(17)18/h4-7,14H,8-9H2,1-3H3. The van der Waals surface area contributed by atoms with Crippen molar-refractivity contribution in [3.05, 3.63) is 34.4 Å². The van der Waals surface area contributed by atoms with E-state index >= 15 is 0 Å². The van der Waals surface area contributed by atoms with Crippen LogP contribution in [0.5, 0.6) is 0 Å². The number of nitrogens with one attached hydrogen (secondary N) is 1. The highest BCUT2D eigenvalue weighted by atomic mass is 16.6. The highest BCUT2D eigenvalue weighted by Crippen LogP contribution is 2.22. The molecule has 19 heavy (non-hydrogen) atoms. The van der Waals surface area contributed by atoms with Gasteiger partial charge in [0.15, 0.2) is 0 Å². The van der Waals surface area contributed by atoms with E-state index in [1.54, 1.807) is 39.0 Å². The number of nitro benzene ring substituents is 1. The zero-order valence-corrected chi connectivity index (χ0v) is 11.3. The molecule has 0 amide bonds. The summed E-state index contributed by atoms with van der Waals surface area (Å²) in [4.78, 5) is 21.8. The minimum Gasteiger partial charge on any atom is -0.460 e. The number of esters is 1. The lowest BCUT2D eigenvalue weighted by Gasteiger charge is -2.19. The van der Waals surface area contributed by atoms with Gasteiger partial charge in [0.05, 0.1) is 11.3 Å². The molecule has 0 saturated carbocycles. The first kappa shape index (κ1) is 14.9. The quantitative estimate of drug-likeness (QED) is 0.503. The molecule has 1 aromatic rings. The van der Waals surface area contributed by atoms with Crippen molar-refractivity contribution in [1.82, 2.24) is 0 Å². The summed E-state index contributed by atoms with van der Waals surface area (Å²) < 4.78 is 5.14. The fraction of sp³-hybridized carbons (Fsp3) is 0.462. The Balaban J connectivity index is 2.50. The van der Waals surface area contributed by atoms with E-state index in [-0.39, 0.29) is 18.1 Å². The molecule has 1 rings (SSSR count). The van der Waals surface area contributed by atoms with Gasteiger partial charge in [-0.2, -0.15) is 0 Å². The van der Waals surface area contributed by atoms with Crippen LogP contribution in [0.15, 0.2) is 24.3 Å². The summed E-state index contributed by atoms with van der Waals surface area (Å²) in [5, 5.41) is 13.6. The molecule has 0 aliphatic rings. The van der Waals surface area contributed by atoms with Crippen LogP contribution >= 0.6 is 0 Å². The number of anilines is 1. The monoisotopic (exact) mass is 266 g/mol. The van der Waals surface area contributed by atoms with E-state index in [9.17, 15) is 14.9 Å². The Kier molecular flexibility index (Phi) is 4.86. The van der Waals surface area contributed by atoms with Gasteiger partial charge in [-0.15, -0.1) is 0 Å². The molecule has 6 heteroatoms. The average molecular weight is 266 g/mol. The summed E-state index contributed by atoms with van der Waals surface area (Å²) in [5.41, 5.74) is -0.127. The summed E-state index contributed by atoms with van der Waals surface area (Å²) in [5.74, 6) is -0.335. The molecule has 0 fully saturated rings. The smallest absolute Gasteiger partial charge is 0.308 e. The van der Waals surface area contributed by atoms with E-state index in [1.165, 1.54) is 6.07 Å². The molecule has 0 aliphatic carbocycles. The lowest BCUT2D eigenvalue weighted by atomic mass is 10.2. The van der Waals surface area contributed by atoms with E-state index in [4.69, 9.17) is 4.74 Å². The molecular weight excluding hydrogens is 248 g/mol. The van der Waals surface area contributed by atoms with Crippen LogP contribution in [0, 0.1) is 10.1 Å². The summed E-state index contributed by atoms with van der Waals surface area (Å²) in [6.45, 7) is 5.67. The second kappa shape index (κ2) is 6.17. The lowest BCUT2D eigenvalue weighted by molar-refractivity contribution is -0.384. The van der Waals surface area contributed by atoms with E-state index in [1.807, 2.05) is 0 Å². The van der Waals surface area contributed by atoms with Crippen LogP contribution in [-0.2, 0) is 9.53 Å². The summed E-state index contributed by atoms with van der Waals surface area (Å²) in [6, 6.07) is 6.31. The van der Waals surface area contributed by atoms with Crippen LogP contribution in [0.25, 0.3) is 0 Å². The fourth-order valence-corrected chi connectivity index (χ4v) is 1.47. The number of para-hydroxylation sites is 2. The van der Waals surface area contributed by atoms with Gasteiger partial charge < -0.3 is 10.1 Å². The second-order valence-corrected chi connectivity index (χ2v) is 5.04. The molecular formula is C13H18N2O4. The van der Waals surface area contributed by atoms with Gasteiger partial charge in [-0.05, 0) is 26.8 Å². The Morgan fingerprint density at radius 1 is 1.37 bits per heavy atom. The van der Waals surface area contributed by atoms with Gasteiger partial charge in [0.25, 0.3) is 5.69 Å². The minimum absolute atomic E-state index is 0.00770. The molecule has 1 N–H and O–H groups in total. The van der Waals surface area contributed by atoms with Gasteiger partial charge in [0.2, 0.25) is 0 Å². The molecule has 0 atom stereocenters. The third-order valence-corrected chi connectivity index (χ3v) is 2.17. The number of nitro groups is 1. The maximum Gasteiger partial charge on any atom is 0.308 e. The van der Waals surface area contributed by atoms with Crippen molar-refractivity contribution in [3.63, 3.8) is 0 Å². The zero-order valence-electron chi connectivity index (χ0n) is 11.3. The van der Waals surface area contributed by atoms with Gasteiger partial charge >= 0.3 is 5.97 Å². The molecule has 0 radical (unpaired) electrons. The van der Waals surface area contributed by atoms with Crippen molar-refractivity contribution in [2.45, 2.75) is 32.8 Å². The number of hydrogen-bond donors (Lipinski definition) is 1. The average Bonchev–Trinajstić information content (AvgIpc) is 2.27. The molecule has 0 spiro atoms. The van der Waals surface area contributed by atoms with Crippen molar-refractivity contribution in [1.29, 1.82) is 0 Å². The fourth-order valence-electron chi connectivity index (χ4n) is 1.47. The number of ether oxygens (including phenoxy) is 1. The van der Waals surface area contributed by atoms with Crippen LogP contribution in [0.3, 0.4) is 0 Å². The Morgan fingerprint density at radius 2 is 2.00 bits per heavy atom. The van der Waals surface area contributed by atoms with E-state index in [2.05, 4.69) is 5.32 Å². The predicted octanol–water partition coefficient (Wildman–Crippen LogP) is 2.74. The van der Waals surface area contributed by atoms with Gasteiger partial charge in [-0.1, -0.05) is 12.1 Å². The van der Waals surface area contributed by atoms with Gasteiger partial charge in [0.1, 0.15) is 11.3 Å². The molecule has 0 unspecified atom stereocenters. The van der Waals surface area contributed by atoms with Gasteiger partial charge in [-0.25, -0.2) is 0 Å². The van der Waals surface area contributed by atoms with E-state index < -0.39 is 10.5 Å². The predicted molar refractivity (Wildman–Crippen MR) is 72.0 cm³/mol. The normalized spacial score (nSPS) is 10.9. The molecule has 0 heterocycles. The largest absolute Gasteiger partial charge is 0.460 e. The van der Waals surface area contributed by atoms with Gasteiger partial charge in [-0.3, -0.25) is 14.9 Å². The summed E-state index contributed by atoms with van der Waals surface area (Å²) in [7, 11) is 0. The highest BCUT2D eigenvalue weighted by Gasteiger charge is 2.16. The van der Waals surface area contributed by atoms with Crippen LogP contribution in [-0.4, -0.2) is 23.0 Å². The molecule has 6 nitrogen and oxygen atoms in total. The molecule has 0 aromatic heterocycles. The molecule has 0 saturated heterocycles. The summed E-state index contributed by atoms with van der Waals surface area (Å²) >= 11 is 0. The Hall–Kier alpha value is -2.11. The molecule has 1 aromatic carbocycles. The maximum absolute atomic E-state index is 11.5. The number of benzene rings is 1. The Morgan fingerprint density at radius 3 is 2.58 bits per heavy atom. The molecule has 0 bridgehead atoms.